The number of benzene rings is 1. The highest BCUT2D eigenvalue weighted by Gasteiger charge is 2.24. The van der Waals surface area contributed by atoms with Crippen molar-refractivity contribution in [1.82, 2.24) is 4.90 Å². The summed E-state index contributed by atoms with van der Waals surface area (Å²) in [5, 5.41) is 0. The first-order valence-corrected chi connectivity index (χ1v) is 6.46. The fraction of sp³-hybridized carbons (Fsp3) is 0.267. The zero-order chi connectivity index (χ0) is 13.9. The third-order valence-corrected chi connectivity index (χ3v) is 3.12. The quantitative estimate of drug-likeness (QED) is 0.794. The van der Waals surface area contributed by atoms with Crippen LogP contribution < -0.4 is 9.47 Å². The lowest BCUT2D eigenvalue weighted by atomic mass is 10.1. The molecule has 2 aliphatic rings. The molecule has 3 rings (SSSR count). The molecule has 1 amide bonds. The average Bonchev–Trinajstić information content (AvgIpc) is 3.06. The van der Waals surface area contributed by atoms with E-state index >= 15 is 0 Å². The third kappa shape index (κ3) is 2.34. The standard InChI is InChI=1S/C15H15NO4/c1-2-3-12(16-6-7-18-15(16)17)8-11-4-5-13-14(9-11)20-10-19-13/h2-5,8-9H,6-7,10H2,1H3/b3-2-,12-8+. The van der Waals surface area contributed by atoms with Crippen LogP contribution in [0.5, 0.6) is 11.5 Å². The Balaban J connectivity index is 1.92. The minimum Gasteiger partial charge on any atom is -0.454 e. The predicted molar refractivity (Wildman–Crippen MR) is 73.4 cm³/mol. The topological polar surface area (TPSA) is 48.0 Å². The first-order valence-electron chi connectivity index (χ1n) is 6.46. The minimum absolute atomic E-state index is 0.253. The Bertz CT molecular complexity index is 592. The summed E-state index contributed by atoms with van der Waals surface area (Å²) < 4.78 is 15.6. The van der Waals surface area contributed by atoms with E-state index in [0.717, 1.165) is 22.8 Å². The van der Waals surface area contributed by atoms with Crippen LogP contribution in [0.2, 0.25) is 0 Å². The molecule has 2 heterocycles. The molecule has 0 bridgehead atoms. The van der Waals surface area contributed by atoms with Crippen molar-refractivity contribution in [3.8, 4) is 11.5 Å². The summed E-state index contributed by atoms with van der Waals surface area (Å²) in [4.78, 5) is 13.3. The number of carbonyl (C=O) groups excluding carboxylic acids is 1. The van der Waals surface area contributed by atoms with Crippen LogP contribution >= 0.6 is 0 Å². The van der Waals surface area contributed by atoms with Crippen LogP contribution in [0.15, 0.2) is 36.0 Å². The van der Waals surface area contributed by atoms with E-state index in [0.29, 0.717) is 13.2 Å². The van der Waals surface area contributed by atoms with Crippen molar-refractivity contribution in [3.05, 3.63) is 41.6 Å². The average molecular weight is 273 g/mol. The monoisotopic (exact) mass is 273 g/mol. The Hall–Kier alpha value is -2.43. The lowest BCUT2D eigenvalue weighted by molar-refractivity contribution is 0.165. The van der Waals surface area contributed by atoms with Gasteiger partial charge in [-0.05, 0) is 36.8 Å². The molecule has 2 aliphatic heterocycles. The fourth-order valence-electron chi connectivity index (χ4n) is 2.19. The lowest BCUT2D eigenvalue weighted by Crippen LogP contribution is -2.22. The normalized spacial score (nSPS) is 17.9. The second kappa shape index (κ2) is 5.28. The zero-order valence-corrected chi connectivity index (χ0v) is 11.2. The van der Waals surface area contributed by atoms with Crippen LogP contribution in [0.4, 0.5) is 4.79 Å². The highest BCUT2D eigenvalue weighted by molar-refractivity contribution is 5.75. The van der Waals surface area contributed by atoms with E-state index < -0.39 is 0 Å². The second-order valence-corrected chi connectivity index (χ2v) is 4.45. The molecule has 0 N–H and O–H groups in total. The van der Waals surface area contributed by atoms with Gasteiger partial charge in [0.15, 0.2) is 11.5 Å². The van der Waals surface area contributed by atoms with Crippen molar-refractivity contribution in [2.45, 2.75) is 6.92 Å². The van der Waals surface area contributed by atoms with Crippen LogP contribution in [0.1, 0.15) is 12.5 Å². The molecule has 5 nitrogen and oxygen atoms in total. The Morgan fingerprint density at radius 2 is 2.10 bits per heavy atom. The molecule has 1 saturated heterocycles. The number of cyclic esters (lactones) is 1. The number of ether oxygens (including phenoxy) is 3. The van der Waals surface area contributed by atoms with Crippen LogP contribution in [0.25, 0.3) is 6.08 Å². The SMILES string of the molecule is C/C=C\C(=C/c1ccc2c(c1)OCO2)N1CCOC1=O. The zero-order valence-electron chi connectivity index (χ0n) is 11.2. The van der Waals surface area contributed by atoms with Gasteiger partial charge in [0.1, 0.15) is 6.61 Å². The Morgan fingerprint density at radius 1 is 1.25 bits per heavy atom. The number of hydrogen-bond donors (Lipinski definition) is 0. The number of rotatable bonds is 3. The molecule has 0 aliphatic carbocycles. The van der Waals surface area contributed by atoms with Crippen molar-refractivity contribution in [2.24, 2.45) is 0 Å². The van der Waals surface area contributed by atoms with E-state index in [-0.39, 0.29) is 12.9 Å². The molecule has 0 radical (unpaired) electrons. The molecule has 5 heteroatoms. The van der Waals surface area contributed by atoms with Crippen molar-refractivity contribution in [2.75, 3.05) is 19.9 Å². The van der Waals surface area contributed by atoms with E-state index in [4.69, 9.17) is 14.2 Å². The van der Waals surface area contributed by atoms with Gasteiger partial charge in [0, 0.05) is 5.70 Å². The molecular formula is C15H15NO4. The molecule has 1 fully saturated rings. The molecule has 1 aromatic rings. The number of carbonyl (C=O) groups is 1. The van der Waals surface area contributed by atoms with E-state index in [9.17, 15) is 4.79 Å². The van der Waals surface area contributed by atoms with E-state index in [1.165, 1.54) is 0 Å². The van der Waals surface area contributed by atoms with Gasteiger partial charge >= 0.3 is 6.09 Å². The number of nitrogens with zero attached hydrogens (tertiary/aromatic N) is 1. The minimum atomic E-state index is -0.310. The van der Waals surface area contributed by atoms with E-state index in [1.807, 2.05) is 43.4 Å². The maximum absolute atomic E-state index is 11.7. The van der Waals surface area contributed by atoms with Crippen molar-refractivity contribution in [3.63, 3.8) is 0 Å². The summed E-state index contributed by atoms with van der Waals surface area (Å²) >= 11 is 0. The van der Waals surface area contributed by atoms with Crippen molar-refractivity contribution in [1.29, 1.82) is 0 Å². The Labute approximate surface area is 117 Å². The highest BCUT2D eigenvalue weighted by atomic mass is 16.7. The summed E-state index contributed by atoms with van der Waals surface area (Å²) in [5.74, 6) is 1.47. The molecule has 0 spiro atoms. The molecule has 0 atom stereocenters. The summed E-state index contributed by atoms with van der Waals surface area (Å²) in [7, 11) is 0. The number of amides is 1. The van der Waals surface area contributed by atoms with Gasteiger partial charge in [-0.15, -0.1) is 0 Å². The van der Waals surface area contributed by atoms with Gasteiger partial charge in [-0.1, -0.05) is 12.1 Å². The van der Waals surface area contributed by atoms with Gasteiger partial charge in [-0.25, -0.2) is 4.79 Å². The lowest BCUT2D eigenvalue weighted by Gasteiger charge is -2.14. The summed E-state index contributed by atoms with van der Waals surface area (Å²) in [6, 6.07) is 5.69. The predicted octanol–water partition coefficient (Wildman–Crippen LogP) is 2.78. The van der Waals surface area contributed by atoms with Crippen molar-refractivity contribution < 1.29 is 19.0 Å². The summed E-state index contributed by atoms with van der Waals surface area (Å²) in [6.45, 7) is 3.16. The molecule has 0 unspecified atom stereocenters. The van der Waals surface area contributed by atoms with Crippen LogP contribution in [-0.4, -0.2) is 30.9 Å². The molecular weight excluding hydrogens is 258 g/mol. The van der Waals surface area contributed by atoms with Crippen LogP contribution in [0.3, 0.4) is 0 Å². The maximum Gasteiger partial charge on any atom is 0.414 e. The first kappa shape index (κ1) is 12.6. The second-order valence-electron chi connectivity index (χ2n) is 4.45. The van der Waals surface area contributed by atoms with Gasteiger partial charge in [0.2, 0.25) is 6.79 Å². The van der Waals surface area contributed by atoms with Gasteiger partial charge in [0.05, 0.1) is 6.54 Å². The van der Waals surface area contributed by atoms with Crippen LogP contribution in [0, 0.1) is 0 Å². The van der Waals surface area contributed by atoms with Gasteiger partial charge < -0.3 is 14.2 Å². The molecule has 104 valence electrons. The number of hydrogen-bond acceptors (Lipinski definition) is 4. The van der Waals surface area contributed by atoms with E-state index in [2.05, 4.69) is 0 Å². The molecule has 1 aromatic carbocycles. The summed E-state index contributed by atoms with van der Waals surface area (Å²) in [5.41, 5.74) is 1.75. The van der Waals surface area contributed by atoms with Crippen molar-refractivity contribution >= 4 is 12.2 Å². The Morgan fingerprint density at radius 3 is 2.85 bits per heavy atom. The van der Waals surface area contributed by atoms with Gasteiger partial charge in [-0.3, -0.25) is 4.90 Å². The third-order valence-electron chi connectivity index (χ3n) is 3.12. The summed E-state index contributed by atoms with van der Waals surface area (Å²) in [6.07, 6.45) is 5.39. The van der Waals surface area contributed by atoms with E-state index in [1.54, 1.807) is 4.90 Å². The maximum atomic E-state index is 11.7. The first-order chi connectivity index (χ1) is 9.78. The number of fused-ring (bicyclic) bond motifs is 1. The molecule has 0 saturated carbocycles. The number of allylic oxidation sites excluding steroid dienone is 2. The highest BCUT2D eigenvalue weighted by Crippen LogP contribution is 2.33. The smallest absolute Gasteiger partial charge is 0.414 e. The largest absolute Gasteiger partial charge is 0.454 e. The Kier molecular flexibility index (Phi) is 3.33. The molecule has 20 heavy (non-hydrogen) atoms. The van der Waals surface area contributed by atoms with Gasteiger partial charge in [-0.2, -0.15) is 0 Å². The fourth-order valence-corrected chi connectivity index (χ4v) is 2.19. The van der Waals surface area contributed by atoms with Crippen LogP contribution in [-0.2, 0) is 4.74 Å². The van der Waals surface area contributed by atoms with Gasteiger partial charge in [0.25, 0.3) is 0 Å². The molecule has 0 aromatic heterocycles.